The van der Waals surface area contributed by atoms with Gasteiger partial charge in [-0.3, -0.25) is 30.1 Å². The first-order valence-electron chi connectivity index (χ1n) is 7.57. The zero-order valence-corrected chi connectivity index (χ0v) is 14.7. The lowest BCUT2D eigenvalue weighted by molar-refractivity contribution is -0.384. The number of non-ortho nitro benzene ring substituents is 1. The first kappa shape index (κ1) is 18.7. The molecule has 0 aliphatic carbocycles. The maximum atomic E-state index is 11.9. The zero-order chi connectivity index (χ0) is 19.9. The van der Waals surface area contributed by atoms with Gasteiger partial charge in [0.15, 0.2) is 0 Å². The van der Waals surface area contributed by atoms with Gasteiger partial charge in [-0.1, -0.05) is 23.5 Å². The summed E-state index contributed by atoms with van der Waals surface area (Å²) in [6.07, 6.45) is 2.37. The minimum absolute atomic E-state index is 0.0185. The van der Waals surface area contributed by atoms with E-state index in [-0.39, 0.29) is 23.1 Å². The van der Waals surface area contributed by atoms with Crippen LogP contribution in [0.5, 0.6) is 0 Å². The number of carbonyl (C=O) groups excluding carboxylic acids is 2. The van der Waals surface area contributed by atoms with E-state index in [0.29, 0.717) is 10.6 Å². The molecule has 14 heteroatoms. The summed E-state index contributed by atoms with van der Waals surface area (Å²) >= 11 is 1.02. The highest BCUT2D eigenvalue weighted by Gasteiger charge is 2.14. The predicted octanol–water partition coefficient (Wildman–Crippen LogP) is 0.509. The van der Waals surface area contributed by atoms with E-state index in [0.717, 1.165) is 11.3 Å². The third-order valence-electron chi connectivity index (χ3n) is 3.11. The number of hydrogen-bond acceptors (Lipinski definition) is 10. The van der Waals surface area contributed by atoms with Crippen LogP contribution in [0.15, 0.2) is 35.7 Å². The van der Waals surface area contributed by atoms with Gasteiger partial charge < -0.3 is 0 Å². The maximum Gasteiger partial charge on any atom is 0.294 e. The van der Waals surface area contributed by atoms with Crippen LogP contribution >= 0.6 is 11.3 Å². The monoisotopic (exact) mass is 401 g/mol. The molecule has 0 atom stereocenters. The first-order chi connectivity index (χ1) is 13.5. The van der Waals surface area contributed by atoms with Crippen molar-refractivity contribution >= 4 is 40.2 Å². The van der Waals surface area contributed by atoms with E-state index in [1.807, 2.05) is 0 Å². The van der Waals surface area contributed by atoms with Gasteiger partial charge in [-0.25, -0.2) is 10.4 Å². The van der Waals surface area contributed by atoms with Gasteiger partial charge in [-0.05, 0) is 0 Å². The Morgan fingerprint density at radius 1 is 1.36 bits per heavy atom. The van der Waals surface area contributed by atoms with Crippen molar-refractivity contribution in [2.24, 2.45) is 5.10 Å². The molecule has 3 aromatic rings. The summed E-state index contributed by atoms with van der Waals surface area (Å²) in [6.45, 7) is 0. The average Bonchev–Trinajstić information content (AvgIpc) is 3.34. The molecule has 0 aliphatic rings. The maximum absolute atomic E-state index is 11.9. The Kier molecular flexibility index (Phi) is 5.71. The molecule has 28 heavy (non-hydrogen) atoms. The number of benzene rings is 1. The summed E-state index contributed by atoms with van der Waals surface area (Å²) < 4.78 is 0. The van der Waals surface area contributed by atoms with E-state index < -0.39 is 16.7 Å². The van der Waals surface area contributed by atoms with Gasteiger partial charge in [-0.15, -0.1) is 10.2 Å². The standard InChI is InChI=1S/C14H11N9O4S/c24-10(19-16-6-8-2-1-3-9(4-8)23(26)27)5-11-20-22-14(28-11)18-13(25)12-15-7-17-21-12/h1-4,6-7H,5H2,(H,19,24)(H,15,17,21)(H,18,22,25)/b16-6+. The number of anilines is 1. The topological polar surface area (TPSA) is 181 Å². The van der Waals surface area contributed by atoms with E-state index in [2.05, 4.69) is 41.2 Å². The van der Waals surface area contributed by atoms with Gasteiger partial charge in [0.05, 0.1) is 17.6 Å². The molecule has 2 amide bonds. The van der Waals surface area contributed by atoms with Gasteiger partial charge in [0.2, 0.25) is 16.9 Å². The lowest BCUT2D eigenvalue weighted by Gasteiger charge is -1.97. The van der Waals surface area contributed by atoms with Crippen molar-refractivity contribution < 1.29 is 14.5 Å². The molecule has 0 aliphatic heterocycles. The third kappa shape index (κ3) is 4.98. The number of amides is 2. The quantitative estimate of drug-likeness (QED) is 0.291. The summed E-state index contributed by atoms with van der Waals surface area (Å²) in [7, 11) is 0. The van der Waals surface area contributed by atoms with Crippen molar-refractivity contribution in [2.45, 2.75) is 6.42 Å². The Morgan fingerprint density at radius 3 is 2.96 bits per heavy atom. The summed E-state index contributed by atoms with van der Waals surface area (Å²) in [6, 6.07) is 5.79. The number of nitro groups is 1. The summed E-state index contributed by atoms with van der Waals surface area (Å²) in [5.41, 5.74) is 2.67. The second kappa shape index (κ2) is 8.54. The number of hydrogen-bond donors (Lipinski definition) is 3. The molecule has 0 unspecified atom stereocenters. The number of aromatic amines is 1. The minimum atomic E-state index is -0.536. The van der Waals surface area contributed by atoms with Crippen LogP contribution in [0.2, 0.25) is 0 Å². The van der Waals surface area contributed by atoms with E-state index in [9.17, 15) is 19.7 Å². The number of nitrogens with one attached hydrogen (secondary N) is 3. The Hall–Kier alpha value is -4.07. The van der Waals surface area contributed by atoms with Crippen LogP contribution < -0.4 is 10.7 Å². The Bertz CT molecular complexity index is 1030. The van der Waals surface area contributed by atoms with Crippen LogP contribution in [0, 0.1) is 10.1 Å². The normalized spacial score (nSPS) is 10.7. The molecule has 1 aromatic carbocycles. The number of nitrogens with zero attached hydrogens (tertiary/aromatic N) is 6. The largest absolute Gasteiger partial charge is 0.294 e. The van der Waals surface area contributed by atoms with Gasteiger partial charge in [0, 0.05) is 17.7 Å². The van der Waals surface area contributed by atoms with Crippen molar-refractivity contribution in [3.8, 4) is 0 Å². The number of aromatic nitrogens is 5. The van der Waals surface area contributed by atoms with Crippen LogP contribution in [0.25, 0.3) is 0 Å². The van der Waals surface area contributed by atoms with E-state index >= 15 is 0 Å². The van der Waals surface area contributed by atoms with Gasteiger partial charge in [0.25, 0.3) is 11.6 Å². The van der Waals surface area contributed by atoms with Crippen LogP contribution in [0.3, 0.4) is 0 Å². The van der Waals surface area contributed by atoms with Crippen molar-refractivity contribution in [2.75, 3.05) is 5.32 Å². The van der Waals surface area contributed by atoms with E-state index in [4.69, 9.17) is 0 Å². The fourth-order valence-electron chi connectivity index (χ4n) is 1.92. The molecule has 13 nitrogen and oxygen atoms in total. The molecule has 3 rings (SSSR count). The molecule has 0 saturated carbocycles. The fourth-order valence-corrected chi connectivity index (χ4v) is 2.65. The molecular weight excluding hydrogens is 390 g/mol. The van der Waals surface area contributed by atoms with Gasteiger partial charge in [0.1, 0.15) is 11.3 Å². The molecule has 2 heterocycles. The highest BCUT2D eigenvalue weighted by Crippen LogP contribution is 2.16. The number of carbonyl (C=O) groups is 2. The van der Waals surface area contributed by atoms with Crippen LogP contribution in [0.1, 0.15) is 21.2 Å². The van der Waals surface area contributed by atoms with Crippen molar-refractivity contribution in [3.63, 3.8) is 0 Å². The molecular formula is C14H11N9O4S. The van der Waals surface area contributed by atoms with Crippen molar-refractivity contribution in [1.82, 2.24) is 30.8 Å². The Labute approximate surface area is 160 Å². The Balaban J connectivity index is 1.51. The Morgan fingerprint density at radius 2 is 2.21 bits per heavy atom. The van der Waals surface area contributed by atoms with Crippen LogP contribution in [0.4, 0.5) is 10.8 Å². The summed E-state index contributed by atoms with van der Waals surface area (Å²) in [5.74, 6) is -0.984. The average molecular weight is 401 g/mol. The zero-order valence-electron chi connectivity index (χ0n) is 13.9. The predicted molar refractivity (Wildman–Crippen MR) is 96.8 cm³/mol. The second-order valence-electron chi connectivity index (χ2n) is 5.11. The van der Waals surface area contributed by atoms with E-state index in [1.165, 1.54) is 30.7 Å². The van der Waals surface area contributed by atoms with E-state index in [1.54, 1.807) is 6.07 Å². The van der Waals surface area contributed by atoms with Crippen molar-refractivity contribution in [3.05, 3.63) is 57.1 Å². The van der Waals surface area contributed by atoms with Crippen molar-refractivity contribution in [1.29, 1.82) is 0 Å². The van der Waals surface area contributed by atoms with Gasteiger partial charge >= 0.3 is 0 Å². The van der Waals surface area contributed by atoms with Crippen LogP contribution in [-0.4, -0.2) is 48.3 Å². The molecule has 2 aromatic heterocycles. The molecule has 3 N–H and O–H groups in total. The number of H-pyrrole nitrogens is 1. The smallest absolute Gasteiger partial charge is 0.294 e. The number of hydrazone groups is 1. The molecule has 0 saturated heterocycles. The number of rotatable bonds is 7. The molecule has 0 fully saturated rings. The fraction of sp³-hybridized carbons (Fsp3) is 0.0714. The third-order valence-corrected chi connectivity index (χ3v) is 3.95. The highest BCUT2D eigenvalue weighted by molar-refractivity contribution is 7.15. The molecule has 0 radical (unpaired) electrons. The molecule has 142 valence electrons. The first-order valence-corrected chi connectivity index (χ1v) is 8.38. The molecule has 0 bridgehead atoms. The highest BCUT2D eigenvalue weighted by atomic mass is 32.1. The lowest BCUT2D eigenvalue weighted by Crippen LogP contribution is -2.19. The van der Waals surface area contributed by atoms with Crippen LogP contribution in [-0.2, 0) is 11.2 Å². The summed E-state index contributed by atoms with van der Waals surface area (Å²) in [5, 5.41) is 31.0. The number of nitro benzene ring substituents is 1. The minimum Gasteiger partial charge on any atom is -0.294 e. The SMILES string of the molecule is O=C(Cc1nnc(NC(=O)c2ncn[nH]2)s1)N/N=C/c1cccc([N+](=O)[O-])c1. The summed E-state index contributed by atoms with van der Waals surface area (Å²) in [4.78, 5) is 37.6. The van der Waals surface area contributed by atoms with Gasteiger partial charge in [-0.2, -0.15) is 10.2 Å². The second-order valence-corrected chi connectivity index (χ2v) is 6.17. The lowest BCUT2D eigenvalue weighted by atomic mass is 10.2. The molecule has 0 spiro atoms.